The quantitative estimate of drug-likeness (QED) is 0.537. The van der Waals surface area contributed by atoms with Crippen LogP contribution in [0.2, 0.25) is 18.1 Å². The Morgan fingerprint density at radius 3 is 2.00 bits per heavy atom. The monoisotopic (exact) mass is 383 g/mol. The van der Waals surface area contributed by atoms with Gasteiger partial charge in [-0.3, -0.25) is 4.18 Å². The molecule has 0 aliphatic heterocycles. The van der Waals surface area contributed by atoms with Crippen LogP contribution in [0.1, 0.15) is 41.5 Å². The number of nitrogens with one attached hydrogen (secondary N) is 1. The molecule has 0 saturated carbocycles. The molecular weight excluding hydrogens is 350 g/mol. The van der Waals surface area contributed by atoms with Crippen LogP contribution in [0.4, 0.5) is 4.79 Å². The number of alkyl carbamates (subject to hydrolysis) is 1. The zero-order valence-electron chi connectivity index (χ0n) is 16.3. The third-order valence-corrected chi connectivity index (χ3v) is 8.74. The Kier molecular flexibility index (Phi) is 7.94. The van der Waals surface area contributed by atoms with E-state index in [0.717, 1.165) is 6.26 Å². The Morgan fingerprint density at radius 2 is 1.62 bits per heavy atom. The summed E-state index contributed by atoms with van der Waals surface area (Å²) in [6.07, 6.45) is -0.460. The van der Waals surface area contributed by atoms with Crippen LogP contribution in [-0.4, -0.2) is 53.9 Å². The summed E-state index contributed by atoms with van der Waals surface area (Å²) in [5.41, 5.74) is -0.630. The molecule has 0 aromatic heterocycles. The summed E-state index contributed by atoms with van der Waals surface area (Å²) in [5, 5.41) is 2.51. The first-order valence-corrected chi connectivity index (χ1v) is 12.6. The number of carbonyl (C=O) groups excluding carboxylic acids is 1. The van der Waals surface area contributed by atoms with Gasteiger partial charge in [-0.1, -0.05) is 20.8 Å². The Balaban J connectivity index is 4.80. The number of rotatable bonds is 7. The fraction of sp³-hybridized carbons (Fsp3) is 0.933. The van der Waals surface area contributed by atoms with Crippen LogP contribution in [0.15, 0.2) is 0 Å². The van der Waals surface area contributed by atoms with E-state index in [9.17, 15) is 13.2 Å². The predicted octanol–water partition coefficient (Wildman–Crippen LogP) is 2.88. The minimum absolute atomic E-state index is 0.0127. The number of hydrogen-bond donors (Lipinski definition) is 1. The Hall–Kier alpha value is -0.643. The smallest absolute Gasteiger partial charge is 0.407 e. The van der Waals surface area contributed by atoms with Gasteiger partial charge in [0.1, 0.15) is 11.7 Å². The maximum Gasteiger partial charge on any atom is 0.407 e. The number of hydrogen-bond acceptors (Lipinski definition) is 6. The average Bonchev–Trinajstić information content (AvgIpc) is 2.27. The normalized spacial score (nSPS) is 15.0. The highest BCUT2D eigenvalue weighted by molar-refractivity contribution is 7.86. The molecule has 0 aliphatic rings. The molecular formula is C15H33NO6SSi. The molecule has 7 nitrogen and oxygen atoms in total. The second kappa shape index (κ2) is 8.16. The molecule has 1 amide bonds. The van der Waals surface area contributed by atoms with E-state index < -0.39 is 36.2 Å². The van der Waals surface area contributed by atoms with E-state index in [4.69, 9.17) is 13.3 Å². The zero-order chi connectivity index (χ0) is 19.4. The van der Waals surface area contributed by atoms with Gasteiger partial charge < -0.3 is 14.5 Å². The molecule has 0 unspecified atom stereocenters. The van der Waals surface area contributed by atoms with Gasteiger partial charge >= 0.3 is 6.09 Å². The molecule has 0 aliphatic carbocycles. The van der Waals surface area contributed by atoms with Gasteiger partial charge in [0.05, 0.1) is 19.4 Å². The van der Waals surface area contributed by atoms with Gasteiger partial charge in [0.2, 0.25) is 0 Å². The van der Waals surface area contributed by atoms with Gasteiger partial charge in [-0.15, -0.1) is 0 Å². The van der Waals surface area contributed by atoms with Crippen LogP contribution in [-0.2, 0) is 23.5 Å². The van der Waals surface area contributed by atoms with Crippen molar-refractivity contribution in [3.8, 4) is 0 Å². The van der Waals surface area contributed by atoms with E-state index in [1.807, 2.05) is 0 Å². The minimum atomic E-state index is -3.67. The number of amides is 1. The van der Waals surface area contributed by atoms with E-state index in [2.05, 4.69) is 39.2 Å². The highest BCUT2D eigenvalue weighted by Gasteiger charge is 2.38. The molecule has 0 saturated heterocycles. The Labute approximate surface area is 147 Å². The first-order valence-electron chi connectivity index (χ1n) is 7.92. The molecule has 24 heavy (non-hydrogen) atoms. The summed E-state index contributed by atoms with van der Waals surface area (Å²) in [6.45, 7) is 15.7. The molecule has 0 radical (unpaired) electrons. The summed E-state index contributed by atoms with van der Waals surface area (Å²) in [4.78, 5) is 11.7. The first kappa shape index (κ1) is 23.4. The summed E-state index contributed by atoms with van der Waals surface area (Å²) in [5.74, 6) is 0. The maximum absolute atomic E-state index is 11.7. The molecule has 144 valence electrons. The molecule has 0 bridgehead atoms. The van der Waals surface area contributed by atoms with E-state index in [0.29, 0.717) is 0 Å². The van der Waals surface area contributed by atoms with Gasteiger partial charge in [-0.05, 0) is 38.9 Å². The lowest BCUT2D eigenvalue weighted by Crippen LogP contribution is -2.46. The van der Waals surface area contributed by atoms with Gasteiger partial charge in [-0.2, -0.15) is 8.42 Å². The molecule has 0 heterocycles. The van der Waals surface area contributed by atoms with E-state index >= 15 is 0 Å². The van der Waals surface area contributed by atoms with Crippen molar-refractivity contribution >= 4 is 24.5 Å². The van der Waals surface area contributed by atoms with Crippen LogP contribution >= 0.6 is 0 Å². The largest absolute Gasteiger partial charge is 0.444 e. The van der Waals surface area contributed by atoms with Crippen molar-refractivity contribution in [3.05, 3.63) is 0 Å². The molecule has 9 heteroatoms. The van der Waals surface area contributed by atoms with Crippen LogP contribution in [0.25, 0.3) is 0 Å². The van der Waals surface area contributed by atoms with E-state index in [-0.39, 0.29) is 18.2 Å². The predicted molar refractivity (Wildman–Crippen MR) is 97.1 cm³/mol. The van der Waals surface area contributed by atoms with Crippen molar-refractivity contribution in [2.24, 2.45) is 0 Å². The fourth-order valence-electron chi connectivity index (χ4n) is 1.40. The third-order valence-electron chi connectivity index (χ3n) is 3.62. The van der Waals surface area contributed by atoms with Gasteiger partial charge in [0.25, 0.3) is 10.1 Å². The number of ether oxygens (including phenoxy) is 1. The van der Waals surface area contributed by atoms with Gasteiger partial charge in [-0.25, -0.2) is 4.79 Å². The second-order valence-corrected chi connectivity index (χ2v) is 14.8. The summed E-state index contributed by atoms with van der Waals surface area (Å²) in [7, 11) is -5.72. The molecule has 1 atom stereocenters. The molecule has 0 rings (SSSR count). The zero-order valence-corrected chi connectivity index (χ0v) is 18.2. The molecule has 0 aromatic carbocycles. The Bertz CT molecular complexity index is 519. The standard InChI is InChI=1S/C15H33NO6SSi/c1-14(2,3)21-13(17)16-10-12(22-23(7,18)19)11-20-24(8,9)15(4,5)6/h12H,10-11H2,1-9H3,(H,16,17)/t12-/m1/s1. The maximum atomic E-state index is 11.7. The number of carbonyl (C=O) groups is 1. The van der Waals surface area contributed by atoms with Crippen LogP contribution in [0.3, 0.4) is 0 Å². The first-order chi connectivity index (χ1) is 10.4. The minimum Gasteiger partial charge on any atom is -0.444 e. The fourth-order valence-corrected chi connectivity index (χ4v) is 3.05. The highest BCUT2D eigenvalue weighted by Crippen LogP contribution is 2.36. The van der Waals surface area contributed by atoms with Gasteiger partial charge in [0.15, 0.2) is 8.32 Å². The molecule has 0 fully saturated rings. The van der Waals surface area contributed by atoms with Crippen LogP contribution in [0, 0.1) is 0 Å². The lowest BCUT2D eigenvalue weighted by atomic mass is 10.2. The Morgan fingerprint density at radius 1 is 1.12 bits per heavy atom. The SMILES string of the molecule is CC(C)(C)OC(=O)NC[C@H](CO[Si](C)(C)C(C)(C)C)OS(C)(=O)=O. The summed E-state index contributed by atoms with van der Waals surface area (Å²) >= 11 is 0. The highest BCUT2D eigenvalue weighted by atomic mass is 32.2. The molecule has 0 spiro atoms. The molecule has 1 N–H and O–H groups in total. The van der Waals surface area contributed by atoms with Crippen LogP contribution in [0.5, 0.6) is 0 Å². The third kappa shape index (κ3) is 10.3. The molecule has 0 aromatic rings. The van der Waals surface area contributed by atoms with Crippen molar-refractivity contribution in [2.75, 3.05) is 19.4 Å². The van der Waals surface area contributed by atoms with Crippen molar-refractivity contribution in [2.45, 2.75) is 71.4 Å². The van der Waals surface area contributed by atoms with Crippen LogP contribution < -0.4 is 5.32 Å². The average molecular weight is 384 g/mol. The topological polar surface area (TPSA) is 90.9 Å². The van der Waals surface area contributed by atoms with Crippen molar-refractivity contribution in [1.29, 1.82) is 0 Å². The van der Waals surface area contributed by atoms with Crippen molar-refractivity contribution < 1.29 is 26.6 Å². The van der Waals surface area contributed by atoms with Crippen molar-refractivity contribution in [3.63, 3.8) is 0 Å². The summed E-state index contributed by atoms with van der Waals surface area (Å²) in [6, 6.07) is 0. The summed E-state index contributed by atoms with van der Waals surface area (Å²) < 4.78 is 39.0. The lowest BCUT2D eigenvalue weighted by Gasteiger charge is -2.37. The van der Waals surface area contributed by atoms with Crippen molar-refractivity contribution in [1.82, 2.24) is 5.32 Å². The lowest BCUT2D eigenvalue weighted by molar-refractivity contribution is 0.0481. The second-order valence-electron chi connectivity index (χ2n) is 8.38. The van der Waals surface area contributed by atoms with E-state index in [1.54, 1.807) is 20.8 Å². The van der Waals surface area contributed by atoms with E-state index in [1.165, 1.54) is 0 Å². The van der Waals surface area contributed by atoms with Gasteiger partial charge in [0, 0.05) is 0 Å².